The van der Waals surface area contributed by atoms with Gasteiger partial charge in [0, 0.05) is 18.9 Å². The predicted octanol–water partition coefficient (Wildman–Crippen LogP) is 2.55. The van der Waals surface area contributed by atoms with Crippen LogP contribution in [0.5, 0.6) is 11.5 Å². The molecule has 0 aromatic heterocycles. The molecule has 1 N–H and O–H groups in total. The van der Waals surface area contributed by atoms with Gasteiger partial charge in [0.05, 0.1) is 7.11 Å². The van der Waals surface area contributed by atoms with Gasteiger partial charge in [0.1, 0.15) is 23.2 Å². The molecule has 0 bridgehead atoms. The van der Waals surface area contributed by atoms with E-state index in [4.69, 9.17) is 9.47 Å². The van der Waals surface area contributed by atoms with Crippen molar-refractivity contribution in [1.82, 2.24) is 0 Å². The lowest BCUT2D eigenvalue weighted by Gasteiger charge is -2.21. The molecular weight excluding hydrogens is 364 g/mol. The van der Waals surface area contributed by atoms with E-state index in [9.17, 15) is 24.3 Å². The zero-order valence-electron chi connectivity index (χ0n) is 15.9. The van der Waals surface area contributed by atoms with Crippen molar-refractivity contribution in [2.75, 3.05) is 7.11 Å². The van der Waals surface area contributed by atoms with Crippen LogP contribution in [0.1, 0.15) is 60.9 Å². The van der Waals surface area contributed by atoms with Crippen molar-refractivity contribution in [3.05, 3.63) is 23.3 Å². The molecule has 150 valence electrons. The third kappa shape index (κ3) is 4.24. The highest BCUT2D eigenvalue weighted by atomic mass is 16.5. The highest BCUT2D eigenvalue weighted by Crippen LogP contribution is 2.35. The summed E-state index contributed by atoms with van der Waals surface area (Å²) in [5.41, 5.74) is 0.554. The molecule has 1 heterocycles. The van der Waals surface area contributed by atoms with Gasteiger partial charge in [0.2, 0.25) is 11.6 Å². The van der Waals surface area contributed by atoms with Gasteiger partial charge in [-0.1, -0.05) is 0 Å². The molecular formula is C21H24O7. The number of fused-ring (bicyclic) bond motifs is 2. The van der Waals surface area contributed by atoms with Crippen molar-refractivity contribution in [2.45, 2.75) is 57.5 Å². The molecule has 1 aromatic carbocycles. The van der Waals surface area contributed by atoms with Crippen LogP contribution in [0.4, 0.5) is 0 Å². The number of carbonyl (C=O) groups is 4. The van der Waals surface area contributed by atoms with Gasteiger partial charge in [-0.05, 0) is 56.1 Å². The molecule has 1 saturated carbocycles. The van der Waals surface area contributed by atoms with Crippen LogP contribution in [0.25, 0.3) is 0 Å². The number of benzene rings is 1. The van der Waals surface area contributed by atoms with Gasteiger partial charge in [0.25, 0.3) is 5.78 Å². The van der Waals surface area contributed by atoms with E-state index in [1.165, 1.54) is 13.2 Å². The van der Waals surface area contributed by atoms with Crippen LogP contribution in [0.15, 0.2) is 12.1 Å². The highest BCUT2D eigenvalue weighted by Gasteiger charge is 2.34. The lowest BCUT2D eigenvalue weighted by molar-refractivity contribution is -0.144. The summed E-state index contributed by atoms with van der Waals surface area (Å²) in [6.07, 6.45) is 2.75. The van der Waals surface area contributed by atoms with E-state index in [2.05, 4.69) is 0 Å². The van der Waals surface area contributed by atoms with Crippen LogP contribution in [-0.4, -0.2) is 41.6 Å². The number of hydrogen-bond acceptors (Lipinski definition) is 7. The Balaban J connectivity index is 1.94. The van der Waals surface area contributed by atoms with Crippen LogP contribution in [0, 0.1) is 5.92 Å². The van der Waals surface area contributed by atoms with E-state index < -0.39 is 23.3 Å². The molecule has 0 saturated heterocycles. The summed E-state index contributed by atoms with van der Waals surface area (Å²) < 4.78 is 10.8. The van der Waals surface area contributed by atoms with Gasteiger partial charge in [-0.3, -0.25) is 14.4 Å². The van der Waals surface area contributed by atoms with E-state index in [0.29, 0.717) is 24.2 Å². The van der Waals surface area contributed by atoms with Gasteiger partial charge in [-0.2, -0.15) is 0 Å². The summed E-state index contributed by atoms with van der Waals surface area (Å²) in [4.78, 5) is 48.9. The zero-order chi connectivity index (χ0) is 20.3. The van der Waals surface area contributed by atoms with Crippen LogP contribution in [0.2, 0.25) is 0 Å². The Morgan fingerprint density at radius 2 is 1.71 bits per heavy atom. The van der Waals surface area contributed by atoms with Crippen LogP contribution >= 0.6 is 0 Å². The fourth-order valence-corrected chi connectivity index (χ4v) is 4.03. The summed E-state index contributed by atoms with van der Waals surface area (Å²) in [6, 6.07) is 2.97. The van der Waals surface area contributed by atoms with Crippen LogP contribution < -0.4 is 4.74 Å². The molecule has 7 heteroatoms. The van der Waals surface area contributed by atoms with Gasteiger partial charge < -0.3 is 14.6 Å². The predicted molar refractivity (Wildman–Crippen MR) is 98.4 cm³/mol. The normalized spacial score (nSPS) is 24.2. The lowest BCUT2D eigenvalue weighted by atomic mass is 9.94. The molecule has 1 aliphatic heterocycles. The van der Waals surface area contributed by atoms with Crippen molar-refractivity contribution >= 4 is 23.3 Å². The summed E-state index contributed by atoms with van der Waals surface area (Å²) in [6.45, 7) is 0. The largest absolute Gasteiger partial charge is 0.507 e. The van der Waals surface area contributed by atoms with Gasteiger partial charge in [-0.15, -0.1) is 0 Å². The molecule has 3 rings (SSSR count). The molecule has 0 radical (unpaired) electrons. The summed E-state index contributed by atoms with van der Waals surface area (Å²) >= 11 is 0. The number of esters is 1. The van der Waals surface area contributed by atoms with E-state index in [1.54, 1.807) is 6.07 Å². The lowest BCUT2D eigenvalue weighted by Crippen LogP contribution is -2.27. The number of aryl methyl sites for hydroxylation is 1. The van der Waals surface area contributed by atoms with Crippen LogP contribution in [0.3, 0.4) is 0 Å². The van der Waals surface area contributed by atoms with E-state index >= 15 is 0 Å². The molecule has 2 aliphatic rings. The van der Waals surface area contributed by atoms with E-state index in [1.807, 2.05) is 0 Å². The maximum Gasteiger partial charge on any atom is 0.342 e. The second-order valence-electron chi connectivity index (χ2n) is 7.38. The summed E-state index contributed by atoms with van der Waals surface area (Å²) in [5.74, 6) is -2.84. The SMILES string of the molecule is COc1cc(O)c2c(c1)CCCC(=O)C(=O)C(=O)CC[C@@H]1CCC[C@H]1OC2=O. The number of phenols is 1. The molecule has 2 atom stereocenters. The maximum absolute atomic E-state index is 12.8. The number of carbonyl (C=O) groups excluding carboxylic acids is 4. The van der Waals surface area contributed by atoms with Crippen LogP contribution in [-0.2, 0) is 25.5 Å². The molecule has 0 amide bonds. The third-order valence-corrected chi connectivity index (χ3v) is 5.56. The first kappa shape index (κ1) is 20.0. The standard InChI is InChI=1S/C21H24O7/c1-27-14-10-13-5-2-6-15(22)20(25)16(23)9-8-12-4-3-7-18(12)28-21(26)19(13)17(24)11-14/h10-12,18,24H,2-9H2,1H3/t12-,18+/m0/s1. The molecule has 7 nitrogen and oxygen atoms in total. The monoisotopic (exact) mass is 388 g/mol. The Kier molecular flexibility index (Phi) is 6.11. The minimum absolute atomic E-state index is 0.0116. The number of aromatic hydroxyl groups is 1. The second-order valence-corrected chi connectivity index (χ2v) is 7.38. The Morgan fingerprint density at radius 3 is 2.46 bits per heavy atom. The van der Waals surface area contributed by atoms with Crippen molar-refractivity contribution < 1.29 is 33.8 Å². The molecule has 1 aliphatic carbocycles. The molecule has 28 heavy (non-hydrogen) atoms. The first-order valence-electron chi connectivity index (χ1n) is 9.62. The number of Topliss-reactive ketones (excluding diaryl/α,β-unsaturated/α-hetero) is 3. The Morgan fingerprint density at radius 1 is 0.964 bits per heavy atom. The number of ether oxygens (including phenoxy) is 2. The smallest absolute Gasteiger partial charge is 0.342 e. The average molecular weight is 388 g/mol. The topological polar surface area (TPSA) is 107 Å². The number of phenolic OH excluding ortho intramolecular Hbond substituents is 1. The highest BCUT2D eigenvalue weighted by molar-refractivity contribution is 6.63. The first-order valence-corrected chi connectivity index (χ1v) is 9.62. The molecule has 1 aromatic rings. The third-order valence-electron chi connectivity index (χ3n) is 5.56. The van der Waals surface area contributed by atoms with Gasteiger partial charge in [-0.25, -0.2) is 4.79 Å². The van der Waals surface area contributed by atoms with Gasteiger partial charge in [0.15, 0.2) is 0 Å². The quantitative estimate of drug-likeness (QED) is 0.582. The summed E-state index contributed by atoms with van der Waals surface area (Å²) in [7, 11) is 1.44. The Labute approximate surface area is 163 Å². The van der Waals surface area contributed by atoms with Crippen molar-refractivity contribution in [2.24, 2.45) is 5.92 Å². The number of hydrogen-bond donors (Lipinski definition) is 1. The molecule has 1 fully saturated rings. The van der Waals surface area contributed by atoms with Gasteiger partial charge >= 0.3 is 5.97 Å². The Bertz CT molecular complexity index is 811. The molecule has 0 unspecified atom stereocenters. The Hall–Kier alpha value is -2.70. The minimum Gasteiger partial charge on any atom is -0.507 e. The second kappa shape index (κ2) is 8.54. The number of methoxy groups -OCH3 is 1. The fourth-order valence-electron chi connectivity index (χ4n) is 4.03. The number of ketones is 3. The maximum atomic E-state index is 12.8. The van der Waals surface area contributed by atoms with E-state index in [-0.39, 0.29) is 49.0 Å². The number of rotatable bonds is 1. The molecule has 0 spiro atoms. The van der Waals surface area contributed by atoms with Crippen molar-refractivity contribution in [3.8, 4) is 11.5 Å². The minimum atomic E-state index is -0.947. The first-order chi connectivity index (χ1) is 13.4. The van der Waals surface area contributed by atoms with Crippen molar-refractivity contribution in [3.63, 3.8) is 0 Å². The van der Waals surface area contributed by atoms with E-state index in [0.717, 1.165) is 12.8 Å². The average Bonchev–Trinajstić information content (AvgIpc) is 3.10. The summed E-state index contributed by atoms with van der Waals surface area (Å²) in [5, 5.41) is 10.4. The zero-order valence-corrected chi connectivity index (χ0v) is 15.9. The van der Waals surface area contributed by atoms with Crippen molar-refractivity contribution in [1.29, 1.82) is 0 Å². The fraction of sp³-hybridized carbons (Fsp3) is 0.524.